The quantitative estimate of drug-likeness (QED) is 0.737. The third-order valence-electron chi connectivity index (χ3n) is 4.11. The number of nitrogens with zero attached hydrogens (tertiary/aromatic N) is 4. The maximum absolute atomic E-state index is 5.66. The Morgan fingerprint density at radius 2 is 2.14 bits per heavy atom. The molecule has 0 spiro atoms. The second-order valence-electron chi connectivity index (χ2n) is 5.59. The van der Waals surface area contributed by atoms with Crippen molar-refractivity contribution in [1.29, 1.82) is 0 Å². The SMILES string of the molecule is CCc1nnc(CN2CCC[C@H]2c2nc3ccccc3s2)o1. The minimum atomic E-state index is 0.370. The van der Waals surface area contributed by atoms with Crippen LogP contribution in [0, 0.1) is 0 Å². The van der Waals surface area contributed by atoms with E-state index < -0.39 is 0 Å². The number of aromatic nitrogens is 3. The summed E-state index contributed by atoms with van der Waals surface area (Å²) in [6.07, 6.45) is 3.12. The number of hydrogen-bond donors (Lipinski definition) is 0. The molecule has 0 aliphatic carbocycles. The number of likely N-dealkylation sites (tertiary alicyclic amines) is 1. The van der Waals surface area contributed by atoms with E-state index in [9.17, 15) is 0 Å². The van der Waals surface area contributed by atoms with Crippen molar-refractivity contribution in [3.05, 3.63) is 41.1 Å². The molecule has 0 N–H and O–H groups in total. The van der Waals surface area contributed by atoms with Crippen molar-refractivity contribution < 1.29 is 4.42 Å². The summed E-state index contributed by atoms with van der Waals surface area (Å²) in [6.45, 7) is 3.80. The highest BCUT2D eigenvalue weighted by Crippen LogP contribution is 2.37. The minimum Gasteiger partial charge on any atom is -0.424 e. The molecule has 4 rings (SSSR count). The summed E-state index contributed by atoms with van der Waals surface area (Å²) in [4.78, 5) is 7.23. The first kappa shape index (κ1) is 13.8. The van der Waals surface area contributed by atoms with Crippen molar-refractivity contribution in [2.45, 2.75) is 38.8 Å². The summed E-state index contributed by atoms with van der Waals surface area (Å²) in [7, 11) is 0. The predicted octanol–water partition coefficient (Wildman–Crippen LogP) is 3.58. The fourth-order valence-electron chi connectivity index (χ4n) is 3.00. The van der Waals surface area contributed by atoms with Crippen LogP contribution in [0.25, 0.3) is 10.2 Å². The van der Waals surface area contributed by atoms with Crippen molar-refractivity contribution in [3.8, 4) is 0 Å². The fraction of sp³-hybridized carbons (Fsp3) is 0.438. The lowest BCUT2D eigenvalue weighted by Gasteiger charge is -2.20. The average molecular weight is 314 g/mol. The van der Waals surface area contributed by atoms with Gasteiger partial charge < -0.3 is 4.42 Å². The molecule has 0 unspecified atom stereocenters. The molecule has 2 aromatic heterocycles. The number of rotatable bonds is 4. The molecule has 1 aliphatic heterocycles. The molecule has 1 aliphatic rings. The highest BCUT2D eigenvalue weighted by atomic mass is 32.1. The van der Waals surface area contributed by atoms with E-state index in [1.165, 1.54) is 16.1 Å². The third kappa shape index (κ3) is 2.53. The van der Waals surface area contributed by atoms with Crippen LogP contribution in [-0.2, 0) is 13.0 Å². The summed E-state index contributed by atoms with van der Waals surface area (Å²) in [5.74, 6) is 1.43. The van der Waals surface area contributed by atoms with Crippen molar-refractivity contribution in [2.75, 3.05) is 6.54 Å². The van der Waals surface area contributed by atoms with Crippen LogP contribution in [0.5, 0.6) is 0 Å². The molecule has 6 heteroatoms. The molecular weight excluding hydrogens is 296 g/mol. The van der Waals surface area contributed by atoms with Gasteiger partial charge in [0.2, 0.25) is 11.8 Å². The summed E-state index contributed by atoms with van der Waals surface area (Å²) in [5.41, 5.74) is 1.10. The van der Waals surface area contributed by atoms with E-state index in [1.807, 2.05) is 13.0 Å². The number of aryl methyl sites for hydroxylation is 1. The van der Waals surface area contributed by atoms with E-state index in [2.05, 4.69) is 33.3 Å². The van der Waals surface area contributed by atoms with Gasteiger partial charge in [0.15, 0.2) is 0 Å². The Balaban J connectivity index is 1.57. The predicted molar refractivity (Wildman–Crippen MR) is 85.7 cm³/mol. The Labute approximate surface area is 133 Å². The van der Waals surface area contributed by atoms with Gasteiger partial charge in [0, 0.05) is 6.42 Å². The maximum Gasteiger partial charge on any atom is 0.230 e. The lowest BCUT2D eigenvalue weighted by Crippen LogP contribution is -2.22. The summed E-state index contributed by atoms with van der Waals surface area (Å²) < 4.78 is 6.92. The standard InChI is InChI=1S/C16H18N4OS/c1-2-14-18-19-15(21-14)10-20-9-5-7-12(20)16-17-11-6-3-4-8-13(11)22-16/h3-4,6,8,12H,2,5,7,9-10H2,1H3/t12-/m0/s1. The monoisotopic (exact) mass is 314 g/mol. The lowest BCUT2D eigenvalue weighted by atomic mass is 10.2. The first-order chi connectivity index (χ1) is 10.8. The molecule has 22 heavy (non-hydrogen) atoms. The molecule has 1 atom stereocenters. The van der Waals surface area contributed by atoms with Gasteiger partial charge in [0.1, 0.15) is 5.01 Å². The highest BCUT2D eigenvalue weighted by Gasteiger charge is 2.29. The molecule has 1 fully saturated rings. The van der Waals surface area contributed by atoms with Crippen LogP contribution in [0.3, 0.4) is 0 Å². The Morgan fingerprint density at radius 3 is 2.95 bits per heavy atom. The number of hydrogen-bond acceptors (Lipinski definition) is 6. The van der Waals surface area contributed by atoms with Gasteiger partial charge >= 0.3 is 0 Å². The van der Waals surface area contributed by atoms with Crippen molar-refractivity contribution in [2.24, 2.45) is 0 Å². The normalized spacial score (nSPS) is 19.2. The molecular formula is C16H18N4OS. The molecule has 0 saturated carbocycles. The molecule has 1 saturated heterocycles. The average Bonchev–Trinajstić information content (AvgIpc) is 3.25. The molecule has 3 heterocycles. The molecule has 0 amide bonds. The van der Waals surface area contributed by atoms with Crippen LogP contribution < -0.4 is 0 Å². The molecule has 3 aromatic rings. The Kier molecular flexibility index (Phi) is 3.63. The first-order valence-electron chi connectivity index (χ1n) is 7.74. The van der Waals surface area contributed by atoms with E-state index in [4.69, 9.17) is 9.40 Å². The van der Waals surface area contributed by atoms with Gasteiger partial charge in [-0.05, 0) is 31.5 Å². The number of benzene rings is 1. The smallest absolute Gasteiger partial charge is 0.230 e. The topological polar surface area (TPSA) is 55.1 Å². The van der Waals surface area contributed by atoms with Crippen molar-refractivity contribution in [3.63, 3.8) is 0 Å². The van der Waals surface area contributed by atoms with E-state index in [0.29, 0.717) is 24.4 Å². The molecule has 1 aromatic carbocycles. The van der Waals surface area contributed by atoms with Gasteiger partial charge in [-0.2, -0.15) is 0 Å². The van der Waals surface area contributed by atoms with Crippen LogP contribution >= 0.6 is 11.3 Å². The van der Waals surface area contributed by atoms with Crippen LogP contribution in [0.15, 0.2) is 28.7 Å². The second-order valence-corrected chi connectivity index (χ2v) is 6.65. The Bertz CT molecular complexity index is 748. The van der Waals surface area contributed by atoms with E-state index in [-0.39, 0.29) is 0 Å². The highest BCUT2D eigenvalue weighted by molar-refractivity contribution is 7.18. The third-order valence-corrected chi connectivity index (χ3v) is 5.25. The number of para-hydroxylation sites is 1. The van der Waals surface area contributed by atoms with Gasteiger partial charge in [-0.3, -0.25) is 4.90 Å². The fourth-order valence-corrected chi connectivity index (χ4v) is 4.13. The largest absolute Gasteiger partial charge is 0.424 e. The second kappa shape index (κ2) is 5.78. The molecule has 0 bridgehead atoms. The van der Waals surface area contributed by atoms with Crippen molar-refractivity contribution >= 4 is 21.6 Å². The lowest BCUT2D eigenvalue weighted by molar-refractivity contribution is 0.221. The van der Waals surface area contributed by atoms with Crippen LogP contribution in [0.1, 0.15) is 42.6 Å². The Morgan fingerprint density at radius 1 is 1.27 bits per heavy atom. The van der Waals surface area contributed by atoms with Gasteiger partial charge in [0.25, 0.3) is 0 Å². The van der Waals surface area contributed by atoms with Gasteiger partial charge in [-0.1, -0.05) is 19.1 Å². The zero-order valence-corrected chi connectivity index (χ0v) is 13.3. The summed E-state index contributed by atoms with van der Waals surface area (Å²) in [5, 5.41) is 9.40. The zero-order valence-electron chi connectivity index (χ0n) is 12.5. The maximum atomic E-state index is 5.66. The van der Waals surface area contributed by atoms with Crippen LogP contribution in [0.4, 0.5) is 0 Å². The molecule has 0 radical (unpaired) electrons. The molecule has 114 valence electrons. The minimum absolute atomic E-state index is 0.370. The Hall–Kier alpha value is -1.79. The van der Waals surface area contributed by atoms with Crippen LogP contribution in [-0.4, -0.2) is 26.6 Å². The zero-order chi connectivity index (χ0) is 14.9. The van der Waals surface area contributed by atoms with Crippen molar-refractivity contribution in [1.82, 2.24) is 20.1 Å². The number of fused-ring (bicyclic) bond motifs is 1. The summed E-state index contributed by atoms with van der Waals surface area (Å²) in [6, 6.07) is 8.71. The van der Waals surface area contributed by atoms with Gasteiger partial charge in [-0.15, -0.1) is 21.5 Å². The van der Waals surface area contributed by atoms with Gasteiger partial charge in [-0.25, -0.2) is 4.98 Å². The number of thiazole rings is 1. The van der Waals surface area contributed by atoms with E-state index >= 15 is 0 Å². The van der Waals surface area contributed by atoms with E-state index in [1.54, 1.807) is 11.3 Å². The molecule has 5 nitrogen and oxygen atoms in total. The first-order valence-corrected chi connectivity index (χ1v) is 8.56. The van der Waals surface area contributed by atoms with E-state index in [0.717, 1.165) is 24.9 Å². The van der Waals surface area contributed by atoms with Gasteiger partial charge in [0.05, 0.1) is 22.8 Å². The van der Waals surface area contributed by atoms with Crippen LogP contribution in [0.2, 0.25) is 0 Å². The summed E-state index contributed by atoms with van der Waals surface area (Å²) >= 11 is 1.80.